The molecule has 0 aliphatic heterocycles. The molecular formula is C11H15N5. The average Bonchev–Trinajstić information content (AvgIpc) is 2.63. The molecule has 0 amide bonds. The third-order valence-electron chi connectivity index (χ3n) is 2.40. The monoisotopic (exact) mass is 217 g/mol. The summed E-state index contributed by atoms with van der Waals surface area (Å²) in [6.07, 6.45) is 2.59. The van der Waals surface area contributed by atoms with Crippen molar-refractivity contribution in [1.82, 2.24) is 19.7 Å². The van der Waals surface area contributed by atoms with Gasteiger partial charge in [0.05, 0.1) is 17.1 Å². The maximum Gasteiger partial charge on any atom is 0.177 e. The maximum atomic E-state index is 5.90. The predicted octanol–water partition coefficient (Wildman–Crippen LogP) is 1.42. The zero-order valence-electron chi connectivity index (χ0n) is 9.73. The van der Waals surface area contributed by atoms with E-state index in [2.05, 4.69) is 15.1 Å². The first kappa shape index (κ1) is 10.6. The lowest BCUT2D eigenvalue weighted by molar-refractivity contribution is 0.800. The minimum atomic E-state index is 0.597. The van der Waals surface area contributed by atoms with E-state index in [0.29, 0.717) is 11.6 Å². The van der Waals surface area contributed by atoms with Crippen LogP contribution in [-0.4, -0.2) is 19.7 Å². The van der Waals surface area contributed by atoms with Crippen LogP contribution in [0.25, 0.3) is 5.82 Å². The fourth-order valence-corrected chi connectivity index (χ4v) is 1.51. The van der Waals surface area contributed by atoms with E-state index in [4.69, 9.17) is 5.73 Å². The lowest BCUT2D eigenvalue weighted by Gasteiger charge is -2.06. The molecule has 0 spiro atoms. The number of nitrogen functional groups attached to an aromatic ring is 1. The molecule has 2 rings (SSSR count). The molecular weight excluding hydrogens is 202 g/mol. The summed E-state index contributed by atoms with van der Waals surface area (Å²) in [5.74, 6) is 1.30. The Labute approximate surface area is 94.3 Å². The molecule has 0 aliphatic rings. The summed E-state index contributed by atoms with van der Waals surface area (Å²) in [6, 6.07) is 1.86. The topological polar surface area (TPSA) is 69.6 Å². The average molecular weight is 217 g/mol. The van der Waals surface area contributed by atoms with E-state index >= 15 is 0 Å². The largest absolute Gasteiger partial charge is 0.384 e. The van der Waals surface area contributed by atoms with E-state index in [1.807, 2.05) is 26.8 Å². The standard InChI is InChI=1S/C11H15N5/c1-4-9-5-10(12)16(15-9)11-8(3)13-6-7(2)14-11/h5-6H,4,12H2,1-3H3. The number of anilines is 1. The number of nitrogens with zero attached hydrogens (tertiary/aromatic N) is 4. The Hall–Kier alpha value is -1.91. The van der Waals surface area contributed by atoms with Crippen LogP contribution in [0.5, 0.6) is 0 Å². The van der Waals surface area contributed by atoms with Gasteiger partial charge in [0.25, 0.3) is 0 Å². The summed E-state index contributed by atoms with van der Waals surface area (Å²) in [4.78, 5) is 8.66. The summed E-state index contributed by atoms with van der Waals surface area (Å²) >= 11 is 0. The molecule has 0 saturated carbocycles. The maximum absolute atomic E-state index is 5.90. The van der Waals surface area contributed by atoms with Crippen molar-refractivity contribution < 1.29 is 0 Å². The predicted molar refractivity (Wildman–Crippen MR) is 62.4 cm³/mol. The van der Waals surface area contributed by atoms with Gasteiger partial charge in [0.15, 0.2) is 5.82 Å². The molecule has 16 heavy (non-hydrogen) atoms. The molecule has 0 aliphatic carbocycles. The van der Waals surface area contributed by atoms with E-state index in [9.17, 15) is 0 Å². The zero-order valence-corrected chi connectivity index (χ0v) is 9.73. The molecule has 0 unspecified atom stereocenters. The first-order valence-electron chi connectivity index (χ1n) is 5.27. The van der Waals surface area contributed by atoms with Crippen LogP contribution in [0.3, 0.4) is 0 Å². The van der Waals surface area contributed by atoms with Gasteiger partial charge in [0.1, 0.15) is 5.82 Å². The van der Waals surface area contributed by atoms with E-state index in [0.717, 1.165) is 23.5 Å². The minimum absolute atomic E-state index is 0.597. The highest BCUT2D eigenvalue weighted by Gasteiger charge is 2.10. The summed E-state index contributed by atoms with van der Waals surface area (Å²) in [6.45, 7) is 5.84. The lowest BCUT2D eigenvalue weighted by atomic mass is 10.3. The Balaban J connectivity index is 2.57. The minimum Gasteiger partial charge on any atom is -0.384 e. The Morgan fingerprint density at radius 3 is 2.75 bits per heavy atom. The van der Waals surface area contributed by atoms with Crippen molar-refractivity contribution >= 4 is 5.82 Å². The van der Waals surface area contributed by atoms with Gasteiger partial charge in [-0.05, 0) is 20.3 Å². The highest BCUT2D eigenvalue weighted by atomic mass is 15.3. The van der Waals surface area contributed by atoms with Gasteiger partial charge in [0.2, 0.25) is 0 Å². The Morgan fingerprint density at radius 2 is 2.12 bits per heavy atom. The third kappa shape index (κ3) is 1.76. The Bertz CT molecular complexity index is 515. The van der Waals surface area contributed by atoms with Crippen LogP contribution in [0.1, 0.15) is 24.0 Å². The number of aryl methyl sites for hydroxylation is 3. The molecule has 0 radical (unpaired) electrons. The zero-order chi connectivity index (χ0) is 11.7. The molecule has 2 N–H and O–H groups in total. The molecule has 0 aromatic carbocycles. The van der Waals surface area contributed by atoms with Crippen molar-refractivity contribution in [2.75, 3.05) is 5.73 Å². The molecule has 0 bridgehead atoms. The first-order valence-corrected chi connectivity index (χ1v) is 5.27. The molecule has 5 nitrogen and oxygen atoms in total. The Kier molecular flexibility index (Phi) is 2.60. The third-order valence-corrected chi connectivity index (χ3v) is 2.40. The molecule has 2 heterocycles. The first-order chi connectivity index (χ1) is 7.61. The van der Waals surface area contributed by atoms with Crippen molar-refractivity contribution in [3.63, 3.8) is 0 Å². The van der Waals surface area contributed by atoms with Gasteiger partial charge in [-0.25, -0.2) is 4.98 Å². The molecule has 2 aromatic heterocycles. The quantitative estimate of drug-likeness (QED) is 0.826. The van der Waals surface area contributed by atoms with E-state index in [1.165, 1.54) is 0 Å². The van der Waals surface area contributed by atoms with Gasteiger partial charge >= 0.3 is 0 Å². The fourth-order valence-electron chi connectivity index (χ4n) is 1.51. The van der Waals surface area contributed by atoms with Gasteiger partial charge in [-0.1, -0.05) is 6.92 Å². The van der Waals surface area contributed by atoms with Crippen LogP contribution >= 0.6 is 0 Å². The van der Waals surface area contributed by atoms with Crippen LogP contribution in [0.4, 0.5) is 5.82 Å². The summed E-state index contributed by atoms with van der Waals surface area (Å²) in [5.41, 5.74) is 8.54. The summed E-state index contributed by atoms with van der Waals surface area (Å²) < 4.78 is 1.65. The van der Waals surface area contributed by atoms with Crippen molar-refractivity contribution in [2.45, 2.75) is 27.2 Å². The molecule has 84 valence electrons. The van der Waals surface area contributed by atoms with Crippen LogP contribution in [0.2, 0.25) is 0 Å². The second-order valence-electron chi connectivity index (χ2n) is 3.75. The van der Waals surface area contributed by atoms with Crippen molar-refractivity contribution in [2.24, 2.45) is 0 Å². The van der Waals surface area contributed by atoms with Gasteiger partial charge < -0.3 is 5.73 Å². The van der Waals surface area contributed by atoms with Crippen molar-refractivity contribution in [3.05, 3.63) is 29.3 Å². The van der Waals surface area contributed by atoms with Crippen molar-refractivity contribution in [3.8, 4) is 5.82 Å². The van der Waals surface area contributed by atoms with E-state index < -0.39 is 0 Å². The molecule has 0 atom stereocenters. The van der Waals surface area contributed by atoms with Crippen molar-refractivity contribution in [1.29, 1.82) is 0 Å². The molecule has 5 heteroatoms. The highest BCUT2D eigenvalue weighted by Crippen LogP contribution is 2.15. The number of hydrogen-bond donors (Lipinski definition) is 1. The second kappa shape index (κ2) is 3.92. The van der Waals surface area contributed by atoms with Crippen LogP contribution in [0.15, 0.2) is 12.3 Å². The lowest BCUT2D eigenvalue weighted by Crippen LogP contribution is -2.08. The molecule has 0 fully saturated rings. The van der Waals surface area contributed by atoms with Crippen LogP contribution in [-0.2, 0) is 6.42 Å². The smallest absolute Gasteiger partial charge is 0.177 e. The number of aromatic nitrogens is 4. The normalized spacial score (nSPS) is 10.7. The summed E-state index contributed by atoms with van der Waals surface area (Å²) in [7, 11) is 0. The van der Waals surface area contributed by atoms with Gasteiger partial charge in [-0.15, -0.1) is 0 Å². The van der Waals surface area contributed by atoms with E-state index in [1.54, 1.807) is 10.9 Å². The summed E-state index contributed by atoms with van der Waals surface area (Å²) in [5, 5.41) is 4.39. The number of hydrogen-bond acceptors (Lipinski definition) is 4. The van der Waals surface area contributed by atoms with Gasteiger partial charge in [-0.3, -0.25) is 4.98 Å². The van der Waals surface area contributed by atoms with Crippen LogP contribution < -0.4 is 5.73 Å². The SMILES string of the molecule is CCc1cc(N)n(-c2nc(C)cnc2C)n1. The second-order valence-corrected chi connectivity index (χ2v) is 3.75. The molecule has 0 saturated heterocycles. The van der Waals surface area contributed by atoms with Gasteiger partial charge in [0, 0.05) is 12.3 Å². The number of rotatable bonds is 2. The molecule has 2 aromatic rings. The van der Waals surface area contributed by atoms with Gasteiger partial charge in [-0.2, -0.15) is 9.78 Å². The van der Waals surface area contributed by atoms with E-state index in [-0.39, 0.29) is 0 Å². The van der Waals surface area contributed by atoms with Crippen LogP contribution in [0, 0.1) is 13.8 Å². The number of nitrogens with two attached hydrogens (primary N) is 1. The Morgan fingerprint density at radius 1 is 1.38 bits per heavy atom. The fraction of sp³-hybridized carbons (Fsp3) is 0.364. The highest BCUT2D eigenvalue weighted by molar-refractivity contribution is 5.41.